The van der Waals surface area contributed by atoms with Crippen LogP contribution in [0.5, 0.6) is 0 Å². The van der Waals surface area contributed by atoms with Crippen LogP contribution < -0.4 is 5.32 Å². The van der Waals surface area contributed by atoms with Crippen LogP contribution in [0.15, 0.2) is 10.6 Å². The first-order chi connectivity index (χ1) is 9.41. The maximum atomic E-state index is 12.3. The van der Waals surface area contributed by atoms with Crippen molar-refractivity contribution in [1.82, 2.24) is 10.1 Å². The van der Waals surface area contributed by atoms with E-state index in [4.69, 9.17) is 9.26 Å². The molecule has 1 aliphatic heterocycles. The predicted octanol–water partition coefficient (Wildman–Crippen LogP) is 2.61. The molecule has 0 aliphatic carbocycles. The van der Waals surface area contributed by atoms with Crippen LogP contribution in [0.4, 0.5) is 10.6 Å². The van der Waals surface area contributed by atoms with Gasteiger partial charge in [0.05, 0.1) is 19.3 Å². The fourth-order valence-electron chi connectivity index (χ4n) is 2.13. The lowest BCUT2D eigenvalue weighted by Crippen LogP contribution is -2.50. The maximum Gasteiger partial charge on any atom is 0.323 e. The highest BCUT2D eigenvalue weighted by Gasteiger charge is 2.27. The Bertz CT molecular complexity index is 464. The smallest absolute Gasteiger partial charge is 0.323 e. The molecule has 0 bridgehead atoms. The lowest BCUT2D eigenvalue weighted by atomic mass is 9.93. The first-order valence-corrected chi connectivity index (χ1v) is 7.04. The van der Waals surface area contributed by atoms with Crippen LogP contribution in [0.1, 0.15) is 39.9 Å². The molecule has 1 aliphatic rings. The van der Waals surface area contributed by atoms with Crippen LogP contribution in [0.25, 0.3) is 0 Å². The summed E-state index contributed by atoms with van der Waals surface area (Å²) in [6.45, 7) is 9.93. The minimum atomic E-state index is -0.145. The minimum absolute atomic E-state index is 0.123. The molecule has 0 spiro atoms. The molecule has 1 fully saturated rings. The second-order valence-corrected chi connectivity index (χ2v) is 6.09. The Hall–Kier alpha value is -1.56. The molecule has 1 saturated heterocycles. The highest BCUT2D eigenvalue weighted by atomic mass is 16.5. The first kappa shape index (κ1) is 14.8. The number of carbonyl (C=O) groups is 1. The summed E-state index contributed by atoms with van der Waals surface area (Å²) in [7, 11) is 0. The molecule has 2 heterocycles. The van der Waals surface area contributed by atoms with Gasteiger partial charge in [-0.15, -0.1) is 0 Å². The minimum Gasteiger partial charge on any atom is -0.377 e. The summed E-state index contributed by atoms with van der Waals surface area (Å²) in [6, 6.07) is 1.76. The van der Waals surface area contributed by atoms with Gasteiger partial charge in [0.2, 0.25) is 0 Å². The molecule has 6 heteroatoms. The van der Waals surface area contributed by atoms with Crippen molar-refractivity contribution in [2.24, 2.45) is 0 Å². The number of nitrogens with zero attached hydrogens (tertiary/aromatic N) is 2. The van der Waals surface area contributed by atoms with Crippen LogP contribution in [0.2, 0.25) is 0 Å². The van der Waals surface area contributed by atoms with Gasteiger partial charge >= 0.3 is 6.03 Å². The van der Waals surface area contributed by atoms with Crippen molar-refractivity contribution in [2.45, 2.75) is 45.6 Å². The van der Waals surface area contributed by atoms with E-state index in [-0.39, 0.29) is 17.5 Å². The summed E-state index contributed by atoms with van der Waals surface area (Å²) in [4.78, 5) is 14.1. The average molecular weight is 281 g/mol. The Morgan fingerprint density at radius 2 is 2.30 bits per heavy atom. The summed E-state index contributed by atoms with van der Waals surface area (Å²) >= 11 is 0. The molecule has 0 saturated carbocycles. The van der Waals surface area contributed by atoms with Crippen LogP contribution in [0.3, 0.4) is 0 Å². The third-order valence-corrected chi connectivity index (χ3v) is 3.44. The van der Waals surface area contributed by atoms with E-state index >= 15 is 0 Å². The summed E-state index contributed by atoms with van der Waals surface area (Å²) in [5, 5.41) is 6.70. The fourth-order valence-corrected chi connectivity index (χ4v) is 2.13. The van der Waals surface area contributed by atoms with Crippen LogP contribution >= 0.6 is 0 Å². The van der Waals surface area contributed by atoms with E-state index in [0.717, 1.165) is 12.2 Å². The molecule has 112 valence electrons. The Balaban J connectivity index is 2.02. The number of ether oxygens (including phenoxy) is 1. The number of morpholine rings is 1. The number of hydrogen-bond acceptors (Lipinski definition) is 4. The highest BCUT2D eigenvalue weighted by Crippen LogP contribution is 2.24. The number of aromatic nitrogens is 1. The van der Waals surface area contributed by atoms with Crippen LogP contribution in [-0.4, -0.2) is 41.9 Å². The third-order valence-electron chi connectivity index (χ3n) is 3.44. The lowest BCUT2D eigenvalue weighted by Gasteiger charge is -2.34. The SMILES string of the molecule is CCC1COCCN1C(=O)Nc1cc(C(C)(C)C)on1. The number of nitrogens with one attached hydrogen (secondary N) is 1. The van der Waals surface area contributed by atoms with Gasteiger partial charge in [-0.05, 0) is 6.42 Å². The van der Waals surface area contributed by atoms with E-state index < -0.39 is 0 Å². The summed E-state index contributed by atoms with van der Waals surface area (Å²) in [5.74, 6) is 1.21. The molecule has 1 aromatic rings. The quantitative estimate of drug-likeness (QED) is 0.904. The van der Waals surface area contributed by atoms with Crippen molar-refractivity contribution in [1.29, 1.82) is 0 Å². The lowest BCUT2D eigenvalue weighted by molar-refractivity contribution is 0.0143. The van der Waals surface area contributed by atoms with Crippen molar-refractivity contribution < 1.29 is 14.1 Å². The van der Waals surface area contributed by atoms with Crippen molar-refractivity contribution >= 4 is 11.8 Å². The predicted molar refractivity (Wildman–Crippen MR) is 75.8 cm³/mol. The van der Waals surface area contributed by atoms with Gasteiger partial charge in [0, 0.05) is 18.0 Å². The molecule has 0 radical (unpaired) electrons. The molecular weight excluding hydrogens is 258 g/mol. The molecule has 20 heavy (non-hydrogen) atoms. The molecule has 1 N–H and O–H groups in total. The zero-order valence-electron chi connectivity index (χ0n) is 12.6. The van der Waals surface area contributed by atoms with E-state index in [0.29, 0.717) is 25.6 Å². The van der Waals surface area contributed by atoms with Gasteiger partial charge in [0.15, 0.2) is 5.82 Å². The summed E-state index contributed by atoms with van der Waals surface area (Å²) in [6.07, 6.45) is 0.874. The van der Waals surface area contributed by atoms with Crippen molar-refractivity contribution in [2.75, 3.05) is 25.1 Å². The fraction of sp³-hybridized carbons (Fsp3) is 0.714. The standard InChI is InChI=1S/C14H23N3O3/c1-5-10-9-19-7-6-17(10)13(18)15-12-8-11(20-16-12)14(2,3)4/h8,10H,5-7,9H2,1-4H3,(H,15,16,18). The van der Waals surface area contributed by atoms with E-state index in [1.807, 2.05) is 27.7 Å². The van der Waals surface area contributed by atoms with Crippen LogP contribution in [0, 0.1) is 0 Å². The van der Waals surface area contributed by atoms with Gasteiger partial charge < -0.3 is 14.2 Å². The molecule has 0 aromatic carbocycles. The zero-order chi connectivity index (χ0) is 14.8. The monoisotopic (exact) mass is 281 g/mol. The topological polar surface area (TPSA) is 67.6 Å². The van der Waals surface area contributed by atoms with Gasteiger partial charge in [-0.25, -0.2) is 4.79 Å². The van der Waals surface area contributed by atoms with Crippen LogP contribution in [-0.2, 0) is 10.2 Å². The Morgan fingerprint density at radius 1 is 1.55 bits per heavy atom. The van der Waals surface area contributed by atoms with Gasteiger partial charge in [-0.3, -0.25) is 5.32 Å². The normalized spacial score (nSPS) is 20.0. The second-order valence-electron chi connectivity index (χ2n) is 6.09. The molecule has 1 aromatic heterocycles. The number of hydrogen-bond donors (Lipinski definition) is 1. The van der Waals surface area contributed by atoms with E-state index in [1.54, 1.807) is 11.0 Å². The van der Waals surface area contributed by atoms with Crippen molar-refractivity contribution in [3.8, 4) is 0 Å². The molecule has 1 unspecified atom stereocenters. The third kappa shape index (κ3) is 3.30. The number of rotatable bonds is 2. The van der Waals surface area contributed by atoms with Gasteiger partial charge in [0.1, 0.15) is 5.76 Å². The molecule has 1 atom stereocenters. The molecule has 2 rings (SSSR count). The van der Waals surface area contributed by atoms with Crippen molar-refractivity contribution in [3.05, 3.63) is 11.8 Å². The molecular formula is C14H23N3O3. The largest absolute Gasteiger partial charge is 0.377 e. The Labute approximate surface area is 119 Å². The number of anilines is 1. The maximum absolute atomic E-state index is 12.3. The van der Waals surface area contributed by atoms with Crippen molar-refractivity contribution in [3.63, 3.8) is 0 Å². The number of amides is 2. The summed E-state index contributed by atoms with van der Waals surface area (Å²) in [5.41, 5.74) is -0.124. The number of urea groups is 1. The van der Waals surface area contributed by atoms with Gasteiger partial charge in [0.25, 0.3) is 0 Å². The second kappa shape index (κ2) is 5.83. The van der Waals surface area contributed by atoms with E-state index in [2.05, 4.69) is 10.5 Å². The first-order valence-electron chi connectivity index (χ1n) is 7.04. The Kier molecular flexibility index (Phi) is 4.32. The summed E-state index contributed by atoms with van der Waals surface area (Å²) < 4.78 is 10.7. The van der Waals surface area contributed by atoms with E-state index in [9.17, 15) is 4.79 Å². The van der Waals surface area contributed by atoms with E-state index in [1.165, 1.54) is 0 Å². The zero-order valence-corrected chi connectivity index (χ0v) is 12.6. The molecule has 6 nitrogen and oxygen atoms in total. The van der Waals surface area contributed by atoms with Gasteiger partial charge in [-0.2, -0.15) is 0 Å². The average Bonchev–Trinajstić information content (AvgIpc) is 2.87. The Morgan fingerprint density at radius 3 is 2.90 bits per heavy atom. The van der Waals surface area contributed by atoms with Gasteiger partial charge in [-0.1, -0.05) is 32.9 Å². The number of carbonyl (C=O) groups excluding carboxylic acids is 1. The molecule has 2 amide bonds. The highest BCUT2D eigenvalue weighted by molar-refractivity contribution is 5.88.